The van der Waals surface area contributed by atoms with E-state index in [0.717, 1.165) is 38.9 Å². The lowest BCUT2D eigenvalue weighted by molar-refractivity contribution is 1.07. The van der Waals surface area contributed by atoms with Gasteiger partial charge in [-0.25, -0.2) is 4.98 Å². The van der Waals surface area contributed by atoms with Gasteiger partial charge in [0.05, 0.1) is 0 Å². The van der Waals surface area contributed by atoms with Crippen molar-refractivity contribution in [3.05, 3.63) is 187 Å². The van der Waals surface area contributed by atoms with Gasteiger partial charge < -0.3 is 0 Å². The third-order valence-corrected chi connectivity index (χ3v) is 8.86. The first-order chi connectivity index (χ1) is 24.2. The van der Waals surface area contributed by atoms with Crippen LogP contribution >= 0.6 is 11.6 Å². The van der Waals surface area contributed by atoms with Gasteiger partial charge in [0, 0.05) is 11.1 Å². The molecule has 0 aliphatic rings. The van der Waals surface area contributed by atoms with Crippen molar-refractivity contribution in [3.63, 3.8) is 0 Å². The maximum Gasteiger partial charge on any atom is 0.226 e. The molecule has 0 saturated carbocycles. The Labute approximate surface area is 291 Å². The van der Waals surface area contributed by atoms with Gasteiger partial charge in [0.25, 0.3) is 0 Å². The van der Waals surface area contributed by atoms with E-state index in [1.54, 1.807) is 0 Å². The van der Waals surface area contributed by atoms with E-state index in [4.69, 9.17) is 16.6 Å². The van der Waals surface area contributed by atoms with Crippen LogP contribution in [0.1, 0.15) is 0 Å². The summed E-state index contributed by atoms with van der Waals surface area (Å²) in [6.45, 7) is 0. The van der Waals surface area contributed by atoms with Crippen molar-refractivity contribution in [2.45, 2.75) is 0 Å². The summed E-state index contributed by atoms with van der Waals surface area (Å²) in [7, 11) is 0. The number of aromatic nitrogens is 3. The van der Waals surface area contributed by atoms with Crippen molar-refractivity contribution >= 4 is 11.6 Å². The predicted molar refractivity (Wildman–Crippen MR) is 203 cm³/mol. The largest absolute Gasteiger partial charge is 0.226 e. The summed E-state index contributed by atoms with van der Waals surface area (Å²) in [6.07, 6.45) is 0. The molecule has 0 saturated heterocycles. The molecule has 1 heterocycles. The maximum absolute atomic E-state index is 6.42. The quantitative estimate of drug-likeness (QED) is 0.173. The van der Waals surface area contributed by atoms with Gasteiger partial charge >= 0.3 is 0 Å². The highest BCUT2D eigenvalue weighted by Crippen LogP contribution is 2.50. The zero-order valence-electron chi connectivity index (χ0n) is 26.5. The van der Waals surface area contributed by atoms with Crippen LogP contribution in [-0.2, 0) is 0 Å². The fraction of sp³-hybridized carbons (Fsp3) is 0. The molecule has 0 radical (unpaired) electrons. The van der Waals surface area contributed by atoms with Crippen molar-refractivity contribution in [1.82, 2.24) is 15.0 Å². The highest BCUT2D eigenvalue weighted by molar-refractivity contribution is 6.28. The topological polar surface area (TPSA) is 38.7 Å². The molecule has 1 aromatic heterocycles. The molecule has 0 atom stereocenters. The Morgan fingerprint density at radius 2 is 0.592 bits per heavy atom. The molecule has 4 heteroatoms. The zero-order chi connectivity index (χ0) is 33.0. The third-order valence-electron chi connectivity index (χ3n) is 8.69. The highest BCUT2D eigenvalue weighted by atomic mass is 35.5. The fourth-order valence-corrected chi connectivity index (χ4v) is 6.61. The molecule has 0 spiro atoms. The van der Waals surface area contributed by atoms with E-state index in [9.17, 15) is 0 Å². The van der Waals surface area contributed by atoms with Crippen LogP contribution in [0.5, 0.6) is 0 Å². The average molecular weight is 648 g/mol. The Hall–Kier alpha value is -6.16. The first kappa shape index (κ1) is 30.2. The minimum Gasteiger partial charge on any atom is -0.208 e. The van der Waals surface area contributed by atoms with Crippen molar-refractivity contribution in [1.29, 1.82) is 0 Å². The molecule has 8 rings (SSSR count). The minimum atomic E-state index is 0.163. The summed E-state index contributed by atoms with van der Waals surface area (Å²) in [5.74, 6) is 1.07. The molecule has 3 nitrogen and oxygen atoms in total. The summed E-state index contributed by atoms with van der Waals surface area (Å²) >= 11 is 6.42. The Balaban J connectivity index is 1.39. The van der Waals surface area contributed by atoms with Gasteiger partial charge in [0.15, 0.2) is 11.6 Å². The fourth-order valence-electron chi connectivity index (χ4n) is 6.45. The van der Waals surface area contributed by atoms with E-state index in [1.165, 1.54) is 27.8 Å². The summed E-state index contributed by atoms with van der Waals surface area (Å²) in [6, 6.07) is 63.5. The van der Waals surface area contributed by atoms with Crippen LogP contribution in [0.25, 0.3) is 78.4 Å². The Morgan fingerprint density at radius 3 is 1.02 bits per heavy atom. The van der Waals surface area contributed by atoms with E-state index in [2.05, 4.69) is 162 Å². The molecule has 0 aliphatic heterocycles. The summed E-state index contributed by atoms with van der Waals surface area (Å²) in [5, 5.41) is 0.163. The van der Waals surface area contributed by atoms with E-state index in [1.807, 2.05) is 30.3 Å². The number of nitrogens with zero attached hydrogens (tertiary/aromatic N) is 3. The molecule has 49 heavy (non-hydrogen) atoms. The van der Waals surface area contributed by atoms with Crippen LogP contribution < -0.4 is 0 Å². The van der Waals surface area contributed by atoms with Crippen molar-refractivity contribution in [2.24, 2.45) is 0 Å². The van der Waals surface area contributed by atoms with Crippen LogP contribution in [0.15, 0.2) is 182 Å². The van der Waals surface area contributed by atoms with E-state index in [0.29, 0.717) is 11.6 Å². The minimum absolute atomic E-state index is 0.163. The zero-order valence-corrected chi connectivity index (χ0v) is 27.3. The molecule has 0 bridgehead atoms. The monoisotopic (exact) mass is 647 g/mol. The Kier molecular flexibility index (Phi) is 8.33. The van der Waals surface area contributed by atoms with Crippen LogP contribution in [-0.4, -0.2) is 15.0 Å². The SMILES string of the molecule is Clc1nc(-c2ccccc2)nc(-c2ccc(-c3cc(-c4ccccc4)c(-c4ccccc4)c(-c4ccccc4)c3-c3ccccc3)cc2)n1. The summed E-state index contributed by atoms with van der Waals surface area (Å²) in [4.78, 5) is 13.7. The second-order valence-electron chi connectivity index (χ2n) is 11.8. The number of hydrogen-bond acceptors (Lipinski definition) is 3. The van der Waals surface area contributed by atoms with Crippen LogP contribution in [0, 0.1) is 0 Å². The van der Waals surface area contributed by atoms with Crippen molar-refractivity contribution < 1.29 is 0 Å². The molecule has 0 N–H and O–H groups in total. The van der Waals surface area contributed by atoms with Gasteiger partial charge in [0.1, 0.15) is 0 Å². The second-order valence-corrected chi connectivity index (χ2v) is 12.1. The molecule has 0 amide bonds. The van der Waals surface area contributed by atoms with E-state index >= 15 is 0 Å². The smallest absolute Gasteiger partial charge is 0.208 e. The first-order valence-electron chi connectivity index (χ1n) is 16.2. The molecular formula is C45H30ClN3. The predicted octanol–water partition coefficient (Wildman–Crippen LogP) is 12.2. The lowest BCUT2D eigenvalue weighted by Gasteiger charge is -2.24. The molecule has 232 valence electrons. The van der Waals surface area contributed by atoms with Gasteiger partial charge in [-0.15, -0.1) is 0 Å². The number of halogens is 1. The summed E-state index contributed by atoms with van der Waals surface area (Å²) < 4.78 is 0. The molecule has 0 fully saturated rings. The van der Waals surface area contributed by atoms with Gasteiger partial charge in [-0.2, -0.15) is 9.97 Å². The third kappa shape index (κ3) is 6.16. The molecule has 8 aromatic rings. The van der Waals surface area contributed by atoms with Crippen molar-refractivity contribution in [2.75, 3.05) is 0 Å². The number of benzene rings is 7. The average Bonchev–Trinajstić information content (AvgIpc) is 3.18. The van der Waals surface area contributed by atoms with Gasteiger partial charge in [-0.05, 0) is 73.3 Å². The van der Waals surface area contributed by atoms with Crippen LogP contribution in [0.2, 0.25) is 5.28 Å². The second kappa shape index (κ2) is 13.5. The lowest BCUT2D eigenvalue weighted by Crippen LogP contribution is -1.99. The van der Waals surface area contributed by atoms with Crippen LogP contribution in [0.3, 0.4) is 0 Å². The van der Waals surface area contributed by atoms with Crippen LogP contribution in [0.4, 0.5) is 0 Å². The highest BCUT2D eigenvalue weighted by Gasteiger charge is 2.23. The maximum atomic E-state index is 6.42. The van der Waals surface area contributed by atoms with E-state index in [-0.39, 0.29) is 5.28 Å². The first-order valence-corrected chi connectivity index (χ1v) is 16.6. The number of hydrogen-bond donors (Lipinski definition) is 0. The van der Waals surface area contributed by atoms with Gasteiger partial charge in [-0.3, -0.25) is 0 Å². The molecule has 0 aliphatic carbocycles. The van der Waals surface area contributed by atoms with Crippen molar-refractivity contribution in [3.8, 4) is 78.4 Å². The molecular weight excluding hydrogens is 618 g/mol. The number of rotatable bonds is 7. The van der Waals surface area contributed by atoms with Gasteiger partial charge in [0.2, 0.25) is 5.28 Å². The molecule has 0 unspecified atom stereocenters. The molecule has 7 aromatic carbocycles. The standard InChI is InChI=1S/C45H30ClN3/c46-45-48-43(36-24-14-5-15-25-36)47-44(49-45)37-28-26-32(27-29-37)39-30-38(31-16-6-1-7-17-31)40(33-18-8-2-9-19-33)42(35-22-12-4-13-23-35)41(39)34-20-10-3-11-21-34/h1-30H. The Morgan fingerprint density at radius 1 is 0.286 bits per heavy atom. The van der Waals surface area contributed by atoms with E-state index < -0.39 is 0 Å². The normalized spacial score (nSPS) is 11.0. The van der Waals surface area contributed by atoms with Gasteiger partial charge in [-0.1, -0.05) is 176 Å². The Bertz CT molecular complexity index is 2340. The summed E-state index contributed by atoms with van der Waals surface area (Å²) in [5.41, 5.74) is 13.3. The lowest BCUT2D eigenvalue weighted by atomic mass is 9.79.